The number of hydrogen-bond donors (Lipinski definition) is 3. The molecular weight excluding hydrogens is 158 g/mol. The van der Waals surface area contributed by atoms with Crippen molar-refractivity contribution in [1.29, 1.82) is 0 Å². The molecule has 0 bridgehead atoms. The molecule has 4 N–H and O–H groups in total. The predicted octanol–water partition coefficient (Wildman–Crippen LogP) is -0.346. The van der Waals surface area contributed by atoms with Gasteiger partial charge in [-0.15, -0.1) is 0 Å². The minimum atomic E-state index is -0.0499. The van der Waals surface area contributed by atoms with E-state index in [9.17, 15) is 0 Å². The maximum atomic E-state index is 8.36. The summed E-state index contributed by atoms with van der Waals surface area (Å²) in [5, 5.41) is 12.4. The minimum absolute atomic E-state index is 0.0499. The van der Waals surface area contributed by atoms with Gasteiger partial charge in [-0.3, -0.25) is 9.89 Å². The number of nitrogens with zero attached hydrogens (tertiary/aromatic N) is 3. The summed E-state index contributed by atoms with van der Waals surface area (Å²) in [6.45, 7) is 1.81. The number of aromatic nitrogens is 2. The molecule has 6 heteroatoms. The standard InChI is InChI=1S/C6H11N5O/c1-4-5(3-11(2)9-4)8-6(7)10-12/h3,12H,1-2H3,(H3,7,8,10). The van der Waals surface area contributed by atoms with E-state index in [1.54, 1.807) is 23.4 Å². The van der Waals surface area contributed by atoms with Gasteiger partial charge in [-0.05, 0) is 6.92 Å². The first-order valence-corrected chi connectivity index (χ1v) is 3.38. The fourth-order valence-electron chi connectivity index (χ4n) is 0.852. The molecule has 0 fully saturated rings. The number of nitrogens with two attached hydrogens (primary N) is 1. The summed E-state index contributed by atoms with van der Waals surface area (Å²) in [4.78, 5) is 3.85. The van der Waals surface area contributed by atoms with E-state index in [2.05, 4.69) is 10.1 Å². The summed E-state index contributed by atoms with van der Waals surface area (Å²) >= 11 is 0. The van der Waals surface area contributed by atoms with Gasteiger partial charge in [-0.2, -0.15) is 5.10 Å². The number of nitrogens with one attached hydrogen (secondary N) is 1. The fourth-order valence-corrected chi connectivity index (χ4v) is 0.852. The minimum Gasteiger partial charge on any atom is -0.368 e. The Balaban J connectivity index is 2.95. The van der Waals surface area contributed by atoms with E-state index in [0.29, 0.717) is 5.69 Å². The number of hydrogen-bond acceptors (Lipinski definition) is 3. The molecule has 0 spiro atoms. The normalized spacial score (nSPS) is 11.8. The van der Waals surface area contributed by atoms with Crippen molar-refractivity contribution in [2.45, 2.75) is 6.92 Å². The first-order valence-electron chi connectivity index (χ1n) is 3.38. The first kappa shape index (κ1) is 8.54. The van der Waals surface area contributed by atoms with Crippen LogP contribution >= 0.6 is 0 Å². The van der Waals surface area contributed by atoms with Crippen LogP contribution < -0.4 is 11.2 Å². The van der Waals surface area contributed by atoms with Crippen molar-refractivity contribution in [3.05, 3.63) is 11.9 Å². The molecule has 0 unspecified atom stereocenters. The van der Waals surface area contributed by atoms with Crippen molar-refractivity contribution in [3.8, 4) is 0 Å². The van der Waals surface area contributed by atoms with Crippen LogP contribution in [-0.2, 0) is 7.05 Å². The second-order valence-corrected chi connectivity index (χ2v) is 2.38. The number of aliphatic imine (C=N–C) groups is 1. The largest absolute Gasteiger partial charge is 0.368 e. The summed E-state index contributed by atoms with van der Waals surface area (Å²) in [5.41, 5.74) is 8.37. The van der Waals surface area contributed by atoms with Gasteiger partial charge in [-0.25, -0.2) is 10.5 Å². The van der Waals surface area contributed by atoms with Crippen LogP contribution in [0.25, 0.3) is 0 Å². The average molecular weight is 169 g/mol. The van der Waals surface area contributed by atoms with Crippen molar-refractivity contribution in [2.75, 3.05) is 0 Å². The van der Waals surface area contributed by atoms with E-state index in [0.717, 1.165) is 5.69 Å². The van der Waals surface area contributed by atoms with Crippen molar-refractivity contribution in [1.82, 2.24) is 15.3 Å². The lowest BCUT2D eigenvalue weighted by Gasteiger charge is -1.94. The molecule has 0 saturated carbocycles. The zero-order valence-corrected chi connectivity index (χ0v) is 6.94. The number of aryl methyl sites for hydroxylation is 2. The van der Waals surface area contributed by atoms with Gasteiger partial charge in [0, 0.05) is 7.05 Å². The predicted molar refractivity (Wildman–Crippen MR) is 44.1 cm³/mol. The van der Waals surface area contributed by atoms with Gasteiger partial charge < -0.3 is 5.73 Å². The third-order valence-corrected chi connectivity index (χ3v) is 1.34. The highest BCUT2D eigenvalue weighted by Crippen LogP contribution is 2.14. The summed E-state index contributed by atoms with van der Waals surface area (Å²) in [6, 6.07) is 0. The molecule has 12 heavy (non-hydrogen) atoms. The lowest BCUT2D eigenvalue weighted by Crippen LogP contribution is -2.27. The number of rotatable bonds is 1. The Kier molecular flexibility index (Phi) is 2.29. The van der Waals surface area contributed by atoms with Gasteiger partial charge in [0.25, 0.3) is 0 Å². The van der Waals surface area contributed by atoms with E-state index in [4.69, 9.17) is 10.9 Å². The molecule has 1 aromatic heterocycles. The Morgan fingerprint density at radius 2 is 2.50 bits per heavy atom. The van der Waals surface area contributed by atoms with E-state index < -0.39 is 0 Å². The van der Waals surface area contributed by atoms with Crippen molar-refractivity contribution in [2.24, 2.45) is 17.8 Å². The quantitative estimate of drug-likeness (QED) is 0.304. The first-order chi connectivity index (χ1) is 5.63. The molecule has 0 radical (unpaired) electrons. The van der Waals surface area contributed by atoms with Gasteiger partial charge in [0.15, 0.2) is 0 Å². The van der Waals surface area contributed by atoms with E-state index >= 15 is 0 Å². The molecule has 6 nitrogen and oxygen atoms in total. The molecule has 0 aromatic carbocycles. The topological polar surface area (TPSA) is 88.5 Å². The molecule has 0 amide bonds. The van der Waals surface area contributed by atoms with Crippen LogP contribution in [0.1, 0.15) is 5.69 Å². The van der Waals surface area contributed by atoms with Gasteiger partial charge in [-0.1, -0.05) is 0 Å². The fraction of sp³-hybridized carbons (Fsp3) is 0.333. The van der Waals surface area contributed by atoms with Crippen LogP contribution in [0.15, 0.2) is 11.2 Å². The zero-order chi connectivity index (χ0) is 9.14. The maximum absolute atomic E-state index is 8.36. The highest BCUT2D eigenvalue weighted by molar-refractivity contribution is 5.79. The highest BCUT2D eigenvalue weighted by Gasteiger charge is 2.00. The Hall–Kier alpha value is -1.56. The third kappa shape index (κ3) is 1.73. The molecule has 0 saturated heterocycles. The molecular formula is C6H11N5O. The van der Waals surface area contributed by atoms with E-state index in [1.807, 2.05) is 6.92 Å². The Morgan fingerprint density at radius 1 is 1.83 bits per heavy atom. The second kappa shape index (κ2) is 3.22. The number of hydroxylamine groups is 1. The van der Waals surface area contributed by atoms with Crippen LogP contribution in [0.4, 0.5) is 5.69 Å². The Labute approximate surface area is 69.7 Å². The maximum Gasteiger partial charge on any atom is 0.218 e. The van der Waals surface area contributed by atoms with Crippen molar-refractivity contribution >= 4 is 11.6 Å². The molecule has 66 valence electrons. The van der Waals surface area contributed by atoms with E-state index in [-0.39, 0.29) is 5.96 Å². The Bertz CT molecular complexity index is 303. The molecule has 0 aliphatic heterocycles. The number of guanidine groups is 1. The van der Waals surface area contributed by atoms with Gasteiger partial charge >= 0.3 is 0 Å². The summed E-state index contributed by atoms with van der Waals surface area (Å²) in [7, 11) is 1.79. The van der Waals surface area contributed by atoms with Crippen LogP contribution in [0.3, 0.4) is 0 Å². The molecule has 1 aromatic rings. The van der Waals surface area contributed by atoms with Crippen molar-refractivity contribution < 1.29 is 5.21 Å². The van der Waals surface area contributed by atoms with Crippen LogP contribution in [0, 0.1) is 6.92 Å². The average Bonchev–Trinajstić information content (AvgIpc) is 2.30. The van der Waals surface area contributed by atoms with Crippen LogP contribution in [-0.4, -0.2) is 20.9 Å². The zero-order valence-electron chi connectivity index (χ0n) is 6.94. The Morgan fingerprint density at radius 3 is 2.92 bits per heavy atom. The van der Waals surface area contributed by atoms with Gasteiger partial charge in [0.2, 0.25) is 5.96 Å². The molecule has 0 atom stereocenters. The van der Waals surface area contributed by atoms with Crippen LogP contribution in [0.2, 0.25) is 0 Å². The molecule has 1 rings (SSSR count). The second-order valence-electron chi connectivity index (χ2n) is 2.38. The lowest BCUT2D eigenvalue weighted by molar-refractivity contribution is 0.233. The van der Waals surface area contributed by atoms with E-state index in [1.165, 1.54) is 0 Å². The summed E-state index contributed by atoms with van der Waals surface area (Å²) in [5.74, 6) is -0.0499. The smallest absolute Gasteiger partial charge is 0.218 e. The van der Waals surface area contributed by atoms with Crippen molar-refractivity contribution in [3.63, 3.8) is 0 Å². The molecule has 0 aliphatic carbocycles. The third-order valence-electron chi connectivity index (χ3n) is 1.34. The SMILES string of the molecule is Cc1nn(C)cc1N=C(N)NO. The highest BCUT2D eigenvalue weighted by atomic mass is 16.5. The molecule has 1 heterocycles. The monoisotopic (exact) mass is 169 g/mol. The van der Waals surface area contributed by atoms with Gasteiger partial charge in [0.1, 0.15) is 5.69 Å². The molecule has 0 aliphatic rings. The summed E-state index contributed by atoms with van der Waals surface area (Å²) in [6.07, 6.45) is 1.71. The van der Waals surface area contributed by atoms with Gasteiger partial charge in [0.05, 0.1) is 11.9 Å². The van der Waals surface area contributed by atoms with Crippen LogP contribution in [0.5, 0.6) is 0 Å². The summed E-state index contributed by atoms with van der Waals surface area (Å²) < 4.78 is 1.62. The lowest BCUT2D eigenvalue weighted by atomic mass is 10.4.